The van der Waals surface area contributed by atoms with Gasteiger partial charge in [-0.25, -0.2) is 12.8 Å². The van der Waals surface area contributed by atoms with E-state index in [0.717, 1.165) is 33.1 Å². The van der Waals surface area contributed by atoms with E-state index in [2.05, 4.69) is 5.32 Å². The van der Waals surface area contributed by atoms with Crippen molar-refractivity contribution < 1.29 is 22.4 Å². The molecule has 0 aliphatic heterocycles. The highest BCUT2D eigenvalue weighted by Gasteiger charge is 2.34. The van der Waals surface area contributed by atoms with Crippen molar-refractivity contribution in [3.8, 4) is 0 Å². The quantitative estimate of drug-likeness (QED) is 0.357. The van der Waals surface area contributed by atoms with Crippen molar-refractivity contribution in [2.75, 3.05) is 10.8 Å². The van der Waals surface area contributed by atoms with Gasteiger partial charge in [-0.3, -0.25) is 13.9 Å². The number of nitrogens with zero attached hydrogens (tertiary/aromatic N) is 2. The minimum absolute atomic E-state index is 0.119. The van der Waals surface area contributed by atoms with Crippen molar-refractivity contribution in [3.05, 3.63) is 95.3 Å². The molecule has 9 heteroatoms. The second-order valence-corrected chi connectivity index (χ2v) is 12.8. The van der Waals surface area contributed by atoms with Gasteiger partial charge in [0.25, 0.3) is 10.0 Å². The third-order valence-electron chi connectivity index (χ3n) is 6.36. The Morgan fingerprint density at radius 1 is 0.875 bits per heavy atom. The molecule has 0 aromatic heterocycles. The van der Waals surface area contributed by atoms with Crippen molar-refractivity contribution in [2.24, 2.45) is 0 Å². The van der Waals surface area contributed by atoms with Crippen LogP contribution in [-0.4, -0.2) is 43.3 Å². The van der Waals surface area contributed by atoms with E-state index in [-0.39, 0.29) is 23.0 Å². The Morgan fingerprint density at radius 2 is 1.40 bits per heavy atom. The van der Waals surface area contributed by atoms with E-state index >= 15 is 0 Å². The van der Waals surface area contributed by atoms with Crippen LogP contribution in [0.25, 0.3) is 0 Å². The van der Waals surface area contributed by atoms with E-state index < -0.39 is 39.9 Å². The van der Waals surface area contributed by atoms with Crippen molar-refractivity contribution in [1.29, 1.82) is 0 Å². The van der Waals surface area contributed by atoms with Gasteiger partial charge >= 0.3 is 0 Å². The Kier molecular flexibility index (Phi) is 9.73. The summed E-state index contributed by atoms with van der Waals surface area (Å²) in [6, 6.07) is 18.0. The average molecular weight is 568 g/mol. The molecule has 0 fully saturated rings. The van der Waals surface area contributed by atoms with Crippen LogP contribution < -0.4 is 9.62 Å². The summed E-state index contributed by atoms with van der Waals surface area (Å²) < 4.78 is 42.2. The topological polar surface area (TPSA) is 86.8 Å². The Bertz CT molecular complexity index is 1420. The van der Waals surface area contributed by atoms with Gasteiger partial charge in [-0.1, -0.05) is 54.4 Å². The van der Waals surface area contributed by atoms with Crippen LogP contribution in [0.4, 0.5) is 10.1 Å². The summed E-state index contributed by atoms with van der Waals surface area (Å²) in [5.41, 5.74) is 2.54. The number of hydrogen-bond donors (Lipinski definition) is 1. The molecule has 3 aromatic rings. The Balaban J connectivity index is 2.06. The van der Waals surface area contributed by atoms with Crippen LogP contribution in [0.5, 0.6) is 0 Å². The lowest BCUT2D eigenvalue weighted by Gasteiger charge is -2.34. The van der Waals surface area contributed by atoms with Crippen LogP contribution in [-0.2, 0) is 26.2 Å². The Hall–Kier alpha value is -3.72. The van der Waals surface area contributed by atoms with Crippen molar-refractivity contribution >= 4 is 27.5 Å². The van der Waals surface area contributed by atoms with E-state index in [9.17, 15) is 22.4 Å². The molecule has 0 aliphatic rings. The van der Waals surface area contributed by atoms with Crippen LogP contribution in [0, 0.1) is 19.7 Å². The number of hydrogen-bond acceptors (Lipinski definition) is 4. The minimum Gasteiger partial charge on any atom is -0.350 e. The largest absolute Gasteiger partial charge is 0.350 e. The summed E-state index contributed by atoms with van der Waals surface area (Å²) in [5.74, 6) is -1.43. The van der Waals surface area contributed by atoms with Crippen molar-refractivity contribution in [3.63, 3.8) is 0 Å². The number of sulfonamides is 1. The van der Waals surface area contributed by atoms with E-state index in [1.54, 1.807) is 24.3 Å². The molecule has 0 spiro atoms. The number of amides is 2. The van der Waals surface area contributed by atoms with Gasteiger partial charge in [0.2, 0.25) is 11.8 Å². The van der Waals surface area contributed by atoms with Crippen LogP contribution in [0.3, 0.4) is 0 Å². The van der Waals surface area contributed by atoms with Crippen LogP contribution in [0.2, 0.25) is 0 Å². The highest BCUT2D eigenvalue weighted by molar-refractivity contribution is 7.92. The number of halogens is 1. The highest BCUT2D eigenvalue weighted by atomic mass is 32.2. The predicted molar refractivity (Wildman–Crippen MR) is 156 cm³/mol. The molecule has 3 aromatic carbocycles. The Labute approximate surface area is 237 Å². The molecule has 0 saturated carbocycles. The van der Waals surface area contributed by atoms with Crippen LogP contribution in [0.15, 0.2) is 77.7 Å². The van der Waals surface area contributed by atoms with E-state index in [4.69, 9.17) is 0 Å². The first-order chi connectivity index (χ1) is 18.7. The molecule has 0 heterocycles. The fourth-order valence-corrected chi connectivity index (χ4v) is 5.65. The second-order valence-electron chi connectivity index (χ2n) is 11.0. The summed E-state index contributed by atoms with van der Waals surface area (Å²) in [4.78, 5) is 28.7. The fraction of sp³-hybridized carbons (Fsp3) is 0.355. The van der Waals surface area contributed by atoms with Gasteiger partial charge in [-0.05, 0) is 83.0 Å². The summed E-state index contributed by atoms with van der Waals surface area (Å²) in [7, 11) is -4.25. The maximum atomic E-state index is 14.0. The molecular formula is C31H38FN3O4S. The first-order valence-electron chi connectivity index (χ1n) is 13.2. The molecule has 0 bridgehead atoms. The van der Waals surface area contributed by atoms with E-state index in [0.29, 0.717) is 6.42 Å². The van der Waals surface area contributed by atoms with Crippen LogP contribution in [0.1, 0.15) is 50.8 Å². The van der Waals surface area contributed by atoms with Crippen molar-refractivity contribution in [1.82, 2.24) is 10.2 Å². The lowest BCUT2D eigenvalue weighted by atomic mass is 10.1. The number of aryl methyl sites for hydroxylation is 2. The SMILES string of the molecule is CC[C@H](C(=O)NC(C)(C)C)N(Cc1ccc(C)cc1)C(=O)CN(c1ccc(C)cc1)S(=O)(=O)c1ccc(F)cc1. The van der Waals surface area contributed by atoms with Crippen molar-refractivity contribution in [2.45, 2.75) is 71.0 Å². The molecule has 214 valence electrons. The second kappa shape index (κ2) is 12.6. The van der Waals surface area contributed by atoms with Gasteiger partial charge in [-0.15, -0.1) is 0 Å². The zero-order valence-electron chi connectivity index (χ0n) is 23.9. The fourth-order valence-electron chi connectivity index (χ4n) is 4.24. The molecule has 0 saturated heterocycles. The highest BCUT2D eigenvalue weighted by Crippen LogP contribution is 2.25. The molecule has 1 N–H and O–H groups in total. The lowest BCUT2D eigenvalue weighted by molar-refractivity contribution is -0.141. The third-order valence-corrected chi connectivity index (χ3v) is 8.15. The summed E-state index contributed by atoms with van der Waals surface area (Å²) in [5, 5.41) is 2.95. The van der Waals surface area contributed by atoms with E-state index in [1.165, 1.54) is 17.0 Å². The normalized spacial score (nSPS) is 12.5. The predicted octanol–water partition coefficient (Wildman–Crippen LogP) is 5.36. The lowest BCUT2D eigenvalue weighted by Crippen LogP contribution is -2.55. The standard InChI is InChI=1S/C31H38FN3O4S/c1-7-28(30(37)33-31(4,5)6)34(20-24-12-8-22(2)9-13-24)29(36)21-35(26-16-10-23(3)11-17-26)40(38,39)27-18-14-25(32)15-19-27/h8-19,28H,7,20-21H2,1-6H3,(H,33,37)/t28-/m1/s1. The van der Waals surface area contributed by atoms with Gasteiger partial charge in [0.1, 0.15) is 18.4 Å². The van der Waals surface area contributed by atoms with Gasteiger partial charge in [0.05, 0.1) is 10.6 Å². The number of nitrogens with one attached hydrogen (secondary N) is 1. The maximum Gasteiger partial charge on any atom is 0.264 e. The third kappa shape index (κ3) is 7.91. The first kappa shape index (κ1) is 30.8. The van der Waals surface area contributed by atoms with E-state index in [1.807, 2.05) is 65.8 Å². The Morgan fingerprint density at radius 3 is 1.90 bits per heavy atom. The molecule has 1 atom stereocenters. The smallest absolute Gasteiger partial charge is 0.264 e. The van der Waals surface area contributed by atoms with Gasteiger partial charge < -0.3 is 10.2 Å². The number of rotatable bonds is 10. The zero-order valence-corrected chi connectivity index (χ0v) is 24.8. The minimum atomic E-state index is -4.25. The van der Waals surface area contributed by atoms with Gasteiger partial charge in [0.15, 0.2) is 0 Å². The monoisotopic (exact) mass is 567 g/mol. The van der Waals surface area contributed by atoms with Crippen LogP contribution >= 0.6 is 0 Å². The number of carbonyl (C=O) groups excluding carboxylic acids is 2. The summed E-state index contributed by atoms with van der Waals surface area (Å²) >= 11 is 0. The number of carbonyl (C=O) groups is 2. The van der Waals surface area contributed by atoms with Gasteiger partial charge in [0, 0.05) is 12.1 Å². The molecule has 0 unspecified atom stereocenters. The molecule has 0 aliphatic carbocycles. The molecule has 2 amide bonds. The summed E-state index contributed by atoms with van der Waals surface area (Å²) in [6.45, 7) is 10.8. The van der Waals surface area contributed by atoms with Gasteiger partial charge in [-0.2, -0.15) is 0 Å². The molecule has 3 rings (SSSR count). The molecule has 7 nitrogen and oxygen atoms in total. The molecule has 0 radical (unpaired) electrons. The molecular weight excluding hydrogens is 529 g/mol. The zero-order chi connectivity index (χ0) is 29.7. The molecule has 40 heavy (non-hydrogen) atoms. The number of benzene rings is 3. The maximum absolute atomic E-state index is 14.0. The first-order valence-corrected chi connectivity index (χ1v) is 14.7. The average Bonchev–Trinajstić information content (AvgIpc) is 2.88. The number of anilines is 1. The summed E-state index contributed by atoms with van der Waals surface area (Å²) in [6.07, 6.45) is 0.328.